The van der Waals surface area contributed by atoms with Gasteiger partial charge in [-0.15, -0.1) is 11.3 Å². The number of carbonyl (C=O) groups excluding carboxylic acids is 2. The van der Waals surface area contributed by atoms with Crippen LogP contribution in [0.2, 0.25) is 10.0 Å². The number of hydrogen-bond acceptors (Lipinski definition) is 3. The molecule has 5 N–H and O–H groups in total. The Hall–Kier alpha value is -1.76. The van der Waals surface area contributed by atoms with Crippen LogP contribution in [0.4, 0.5) is 9.80 Å². The quantitative estimate of drug-likeness (QED) is 0.768. The molecule has 1 aromatic carbocycles. The number of primary amides is 2. The van der Waals surface area contributed by atoms with Crippen molar-refractivity contribution in [3.8, 4) is 10.4 Å². The van der Waals surface area contributed by atoms with E-state index in [4.69, 9.17) is 34.7 Å². The summed E-state index contributed by atoms with van der Waals surface area (Å²) in [6, 6.07) is 2.77. The van der Waals surface area contributed by atoms with Crippen molar-refractivity contribution in [3.63, 3.8) is 0 Å². The van der Waals surface area contributed by atoms with Crippen LogP contribution >= 0.6 is 34.5 Å². The Balaban J connectivity index is 2.26. The zero-order valence-corrected chi connectivity index (χ0v) is 13.5. The number of rotatable bonds is 2. The Morgan fingerprint density at radius 2 is 1.91 bits per heavy atom. The monoisotopic (exact) mass is 355 g/mol. The lowest BCUT2D eigenvalue weighted by atomic mass is 9.89. The summed E-state index contributed by atoms with van der Waals surface area (Å²) < 4.78 is 0. The SMILES string of the molecule is NC(=O)Nc1sc2c(c1C(N)=O)CCc1cc(Cl)cc(Cl)c1-2. The van der Waals surface area contributed by atoms with E-state index >= 15 is 0 Å². The van der Waals surface area contributed by atoms with Crippen LogP contribution in [-0.4, -0.2) is 11.9 Å². The van der Waals surface area contributed by atoms with E-state index in [1.807, 2.05) is 6.07 Å². The fraction of sp³-hybridized carbons (Fsp3) is 0.143. The van der Waals surface area contributed by atoms with E-state index < -0.39 is 11.9 Å². The van der Waals surface area contributed by atoms with Gasteiger partial charge in [0.2, 0.25) is 0 Å². The van der Waals surface area contributed by atoms with Crippen molar-refractivity contribution in [1.29, 1.82) is 0 Å². The van der Waals surface area contributed by atoms with E-state index in [1.54, 1.807) is 6.07 Å². The highest BCUT2D eigenvalue weighted by atomic mass is 35.5. The molecule has 2 aromatic rings. The first kappa shape index (κ1) is 15.1. The summed E-state index contributed by atoms with van der Waals surface area (Å²) in [5, 5.41) is 3.88. The summed E-state index contributed by atoms with van der Waals surface area (Å²) in [7, 11) is 0. The van der Waals surface area contributed by atoms with Crippen LogP contribution < -0.4 is 16.8 Å². The van der Waals surface area contributed by atoms with Crippen molar-refractivity contribution in [2.45, 2.75) is 12.8 Å². The lowest BCUT2D eigenvalue weighted by Gasteiger charge is -2.18. The van der Waals surface area contributed by atoms with Crippen molar-refractivity contribution in [3.05, 3.63) is 38.9 Å². The standard InChI is InChI=1S/C14H11Cl2N3O2S/c15-6-3-5-1-2-7-10(12(17)20)13(19-14(18)21)22-11(7)9(5)8(16)4-6/h3-4H,1-2H2,(H2,17,20)(H3,18,19,21). The Morgan fingerprint density at radius 1 is 1.18 bits per heavy atom. The molecular weight excluding hydrogens is 345 g/mol. The average Bonchev–Trinajstić information content (AvgIpc) is 2.74. The smallest absolute Gasteiger partial charge is 0.317 e. The number of fused-ring (bicyclic) bond motifs is 3. The minimum absolute atomic E-state index is 0.301. The van der Waals surface area contributed by atoms with E-state index in [0.29, 0.717) is 33.5 Å². The largest absolute Gasteiger partial charge is 0.365 e. The molecule has 3 amide bonds. The second kappa shape index (κ2) is 5.46. The number of nitrogens with two attached hydrogens (primary N) is 2. The topological polar surface area (TPSA) is 98.2 Å². The third kappa shape index (κ3) is 2.43. The molecule has 0 saturated heterocycles. The van der Waals surface area contributed by atoms with Gasteiger partial charge < -0.3 is 11.5 Å². The maximum atomic E-state index is 11.8. The third-order valence-corrected chi connectivity index (χ3v) is 5.18. The molecule has 0 bridgehead atoms. The number of anilines is 1. The molecule has 0 radical (unpaired) electrons. The minimum Gasteiger partial charge on any atom is -0.365 e. The van der Waals surface area contributed by atoms with Gasteiger partial charge in [0.05, 0.1) is 10.6 Å². The predicted molar refractivity (Wildman–Crippen MR) is 88.9 cm³/mol. The first-order valence-corrected chi connectivity index (χ1v) is 7.96. The van der Waals surface area contributed by atoms with Gasteiger partial charge in [-0.1, -0.05) is 23.2 Å². The van der Waals surface area contributed by atoms with Crippen LogP contribution in [0, 0.1) is 0 Å². The van der Waals surface area contributed by atoms with E-state index in [-0.39, 0.29) is 0 Å². The van der Waals surface area contributed by atoms with E-state index in [1.165, 1.54) is 11.3 Å². The lowest BCUT2D eigenvalue weighted by Crippen LogP contribution is -2.22. The van der Waals surface area contributed by atoms with Crippen molar-refractivity contribution in [1.82, 2.24) is 0 Å². The molecule has 0 unspecified atom stereocenters. The number of thiophene rings is 1. The minimum atomic E-state index is -0.747. The summed E-state index contributed by atoms with van der Waals surface area (Å²) in [4.78, 5) is 23.7. The van der Waals surface area contributed by atoms with Crippen LogP contribution in [0.25, 0.3) is 10.4 Å². The van der Waals surface area contributed by atoms with Crippen LogP contribution in [0.15, 0.2) is 12.1 Å². The molecule has 0 aliphatic heterocycles. The number of halogens is 2. The molecule has 0 atom stereocenters. The Labute approximate surface area is 140 Å². The molecular formula is C14H11Cl2N3O2S. The van der Waals surface area contributed by atoms with Crippen LogP contribution in [0.3, 0.4) is 0 Å². The molecule has 1 aromatic heterocycles. The first-order valence-electron chi connectivity index (χ1n) is 6.38. The van der Waals surface area contributed by atoms with Crippen molar-refractivity contribution in [2.75, 3.05) is 5.32 Å². The number of aryl methyl sites for hydroxylation is 1. The van der Waals surface area contributed by atoms with E-state index in [9.17, 15) is 9.59 Å². The van der Waals surface area contributed by atoms with Gasteiger partial charge in [0, 0.05) is 15.5 Å². The summed E-state index contributed by atoms with van der Waals surface area (Å²) in [5.74, 6) is -0.602. The summed E-state index contributed by atoms with van der Waals surface area (Å²) in [6.07, 6.45) is 1.31. The van der Waals surface area contributed by atoms with Crippen LogP contribution in [-0.2, 0) is 12.8 Å². The second-order valence-electron chi connectivity index (χ2n) is 4.89. The first-order chi connectivity index (χ1) is 10.4. The normalized spacial score (nSPS) is 12.5. The van der Waals surface area contributed by atoms with Gasteiger partial charge >= 0.3 is 6.03 Å². The van der Waals surface area contributed by atoms with Crippen LogP contribution in [0.5, 0.6) is 0 Å². The highest BCUT2D eigenvalue weighted by Crippen LogP contribution is 2.48. The van der Waals surface area contributed by atoms with Crippen molar-refractivity contribution < 1.29 is 9.59 Å². The van der Waals surface area contributed by atoms with Gasteiger partial charge in [-0.05, 0) is 36.1 Å². The molecule has 1 aliphatic carbocycles. The number of carbonyl (C=O) groups is 2. The summed E-state index contributed by atoms with van der Waals surface area (Å²) in [6.45, 7) is 0. The fourth-order valence-electron chi connectivity index (χ4n) is 2.70. The van der Waals surface area contributed by atoms with Crippen molar-refractivity contribution >= 4 is 51.5 Å². The molecule has 1 heterocycles. The van der Waals surface area contributed by atoms with Gasteiger partial charge in [-0.3, -0.25) is 10.1 Å². The van der Waals surface area contributed by atoms with Gasteiger partial charge in [-0.25, -0.2) is 4.79 Å². The lowest BCUT2D eigenvalue weighted by molar-refractivity contribution is 0.100. The summed E-state index contributed by atoms with van der Waals surface area (Å²) in [5.41, 5.74) is 13.5. The average molecular weight is 356 g/mol. The van der Waals surface area contributed by atoms with Crippen LogP contribution in [0.1, 0.15) is 21.5 Å². The van der Waals surface area contributed by atoms with Gasteiger partial charge in [0.15, 0.2) is 0 Å². The zero-order valence-electron chi connectivity index (χ0n) is 11.2. The third-order valence-electron chi connectivity index (χ3n) is 3.50. The number of urea groups is 1. The zero-order chi connectivity index (χ0) is 16.0. The Morgan fingerprint density at radius 3 is 2.55 bits per heavy atom. The molecule has 22 heavy (non-hydrogen) atoms. The van der Waals surface area contributed by atoms with E-state index in [0.717, 1.165) is 21.6 Å². The number of nitrogens with one attached hydrogen (secondary N) is 1. The van der Waals surface area contributed by atoms with Gasteiger partial charge in [0.1, 0.15) is 5.00 Å². The molecule has 0 spiro atoms. The Kier molecular flexibility index (Phi) is 3.76. The van der Waals surface area contributed by atoms with E-state index in [2.05, 4.69) is 5.32 Å². The van der Waals surface area contributed by atoms with Crippen molar-refractivity contribution in [2.24, 2.45) is 11.5 Å². The molecule has 8 heteroatoms. The fourth-order valence-corrected chi connectivity index (χ4v) is 4.74. The number of benzene rings is 1. The molecule has 1 aliphatic rings. The maximum absolute atomic E-state index is 11.8. The molecule has 0 saturated carbocycles. The maximum Gasteiger partial charge on any atom is 0.317 e. The second-order valence-corrected chi connectivity index (χ2v) is 6.75. The number of hydrogen-bond donors (Lipinski definition) is 3. The highest BCUT2D eigenvalue weighted by molar-refractivity contribution is 7.20. The molecule has 5 nitrogen and oxygen atoms in total. The Bertz CT molecular complexity index is 817. The highest BCUT2D eigenvalue weighted by Gasteiger charge is 2.29. The molecule has 0 fully saturated rings. The molecule has 3 rings (SSSR count). The van der Waals surface area contributed by atoms with Gasteiger partial charge in [0.25, 0.3) is 5.91 Å². The number of amides is 3. The summed E-state index contributed by atoms with van der Waals surface area (Å²) >= 11 is 13.6. The van der Waals surface area contributed by atoms with Gasteiger partial charge in [-0.2, -0.15) is 0 Å². The predicted octanol–water partition coefficient (Wildman–Crippen LogP) is 3.41. The molecule has 114 valence electrons.